The first-order valence-corrected chi connectivity index (χ1v) is 11.3. The molecule has 0 spiro atoms. The first kappa shape index (κ1) is 22.2. The molecule has 1 amide bonds. The SMILES string of the molecule is Cc1nc2nc(SCC(=O)Nc3cccc(Cl)c3C)nn2c(C)c1Cc1ccccc1F. The van der Waals surface area contributed by atoms with E-state index in [1.807, 2.05) is 26.8 Å². The van der Waals surface area contributed by atoms with Crippen molar-refractivity contribution in [3.8, 4) is 0 Å². The third kappa shape index (κ3) is 4.61. The Morgan fingerprint density at radius 3 is 2.69 bits per heavy atom. The molecule has 0 aliphatic rings. The Morgan fingerprint density at radius 1 is 1.12 bits per heavy atom. The Kier molecular flexibility index (Phi) is 6.43. The molecule has 0 fully saturated rings. The molecule has 1 N–H and O–H groups in total. The van der Waals surface area contributed by atoms with Crippen LogP contribution >= 0.6 is 23.4 Å². The monoisotopic (exact) mass is 469 g/mol. The van der Waals surface area contributed by atoms with Crippen LogP contribution in [0.3, 0.4) is 0 Å². The lowest BCUT2D eigenvalue weighted by atomic mass is 10.0. The molecule has 6 nitrogen and oxygen atoms in total. The standard InChI is InChI=1S/C23H21ClFN5OS/c1-13-18(24)8-6-10-20(13)27-21(31)12-32-23-28-22-26-14(2)17(15(3)30(22)29-23)11-16-7-4-5-9-19(16)25/h4-10H,11-12H2,1-3H3,(H,27,31). The van der Waals surface area contributed by atoms with Crippen molar-refractivity contribution in [3.05, 3.63) is 81.4 Å². The molecule has 0 unspecified atom stereocenters. The third-order valence-corrected chi connectivity index (χ3v) is 6.48. The predicted molar refractivity (Wildman–Crippen MR) is 125 cm³/mol. The van der Waals surface area contributed by atoms with Crippen LogP contribution in [0.4, 0.5) is 10.1 Å². The van der Waals surface area contributed by atoms with Crippen LogP contribution in [0.25, 0.3) is 5.78 Å². The smallest absolute Gasteiger partial charge is 0.253 e. The topological polar surface area (TPSA) is 72.2 Å². The second-order valence-corrected chi connectivity index (χ2v) is 8.73. The zero-order valence-corrected chi connectivity index (χ0v) is 19.4. The summed E-state index contributed by atoms with van der Waals surface area (Å²) in [7, 11) is 0. The van der Waals surface area contributed by atoms with Gasteiger partial charge in [-0.15, -0.1) is 5.10 Å². The minimum Gasteiger partial charge on any atom is -0.325 e. The number of hydrogen-bond donors (Lipinski definition) is 1. The van der Waals surface area contributed by atoms with Crippen molar-refractivity contribution in [2.45, 2.75) is 32.3 Å². The van der Waals surface area contributed by atoms with Crippen molar-refractivity contribution in [3.63, 3.8) is 0 Å². The summed E-state index contributed by atoms with van der Waals surface area (Å²) >= 11 is 7.33. The van der Waals surface area contributed by atoms with Gasteiger partial charge in [0.15, 0.2) is 0 Å². The van der Waals surface area contributed by atoms with Crippen LogP contribution in [0.1, 0.15) is 28.1 Å². The molecule has 0 radical (unpaired) electrons. The number of thioether (sulfide) groups is 1. The first-order valence-electron chi connectivity index (χ1n) is 9.97. The second-order valence-electron chi connectivity index (χ2n) is 7.38. The number of benzene rings is 2. The maximum atomic E-state index is 14.1. The van der Waals surface area contributed by atoms with E-state index in [4.69, 9.17) is 11.6 Å². The number of hydrogen-bond acceptors (Lipinski definition) is 5. The fourth-order valence-electron chi connectivity index (χ4n) is 3.40. The highest BCUT2D eigenvalue weighted by molar-refractivity contribution is 7.99. The number of anilines is 1. The summed E-state index contributed by atoms with van der Waals surface area (Å²) in [6.45, 7) is 5.64. The molecule has 0 saturated carbocycles. The van der Waals surface area contributed by atoms with E-state index in [9.17, 15) is 9.18 Å². The molecule has 0 saturated heterocycles. The minimum atomic E-state index is -0.248. The average Bonchev–Trinajstić information content (AvgIpc) is 3.17. The van der Waals surface area contributed by atoms with E-state index in [1.54, 1.807) is 34.8 Å². The zero-order chi connectivity index (χ0) is 22.8. The van der Waals surface area contributed by atoms with Gasteiger partial charge < -0.3 is 5.32 Å². The predicted octanol–water partition coefficient (Wildman–Crippen LogP) is 5.16. The lowest BCUT2D eigenvalue weighted by molar-refractivity contribution is -0.113. The average molecular weight is 470 g/mol. The van der Waals surface area contributed by atoms with Gasteiger partial charge in [-0.3, -0.25) is 4.79 Å². The summed E-state index contributed by atoms with van der Waals surface area (Å²) in [5.41, 5.74) is 4.61. The van der Waals surface area contributed by atoms with Crippen molar-refractivity contribution < 1.29 is 9.18 Å². The van der Waals surface area contributed by atoms with Gasteiger partial charge in [-0.05, 0) is 55.7 Å². The van der Waals surface area contributed by atoms with Gasteiger partial charge in [-0.25, -0.2) is 13.9 Å². The number of rotatable bonds is 6. The third-order valence-electron chi connectivity index (χ3n) is 5.23. The number of carbonyl (C=O) groups is 1. The molecule has 4 aromatic rings. The molecule has 164 valence electrons. The van der Waals surface area contributed by atoms with Crippen LogP contribution < -0.4 is 5.32 Å². The van der Waals surface area contributed by atoms with Crippen LogP contribution in [-0.4, -0.2) is 31.2 Å². The highest BCUT2D eigenvalue weighted by atomic mass is 35.5. The Bertz CT molecular complexity index is 1320. The molecule has 2 aromatic carbocycles. The quantitative estimate of drug-likeness (QED) is 0.395. The summed E-state index contributed by atoms with van der Waals surface area (Å²) in [6.07, 6.45) is 0.414. The molecule has 0 aliphatic carbocycles. The normalized spacial score (nSPS) is 11.2. The number of halogens is 2. The van der Waals surface area contributed by atoms with Crippen molar-refractivity contribution in [1.29, 1.82) is 0 Å². The largest absolute Gasteiger partial charge is 0.325 e. The highest BCUT2D eigenvalue weighted by Crippen LogP contribution is 2.24. The lowest BCUT2D eigenvalue weighted by Gasteiger charge is -2.10. The van der Waals surface area contributed by atoms with Crippen LogP contribution in [0, 0.1) is 26.6 Å². The molecule has 2 heterocycles. The molecule has 32 heavy (non-hydrogen) atoms. The number of aromatic nitrogens is 4. The van der Waals surface area contributed by atoms with Gasteiger partial charge in [0.25, 0.3) is 5.78 Å². The van der Waals surface area contributed by atoms with E-state index in [2.05, 4.69) is 20.4 Å². The van der Waals surface area contributed by atoms with Gasteiger partial charge >= 0.3 is 0 Å². The van der Waals surface area contributed by atoms with Crippen LogP contribution in [0.2, 0.25) is 5.02 Å². The Hall–Kier alpha value is -2.97. The molecule has 0 bridgehead atoms. The number of aryl methyl sites for hydroxylation is 2. The number of nitrogens with zero attached hydrogens (tertiary/aromatic N) is 4. The van der Waals surface area contributed by atoms with Gasteiger partial charge in [0, 0.05) is 28.5 Å². The van der Waals surface area contributed by atoms with E-state index in [0.717, 1.165) is 22.5 Å². The van der Waals surface area contributed by atoms with Gasteiger partial charge in [-0.1, -0.05) is 47.6 Å². The second kappa shape index (κ2) is 9.26. The summed E-state index contributed by atoms with van der Waals surface area (Å²) < 4.78 is 15.8. The fourth-order valence-corrected chi connectivity index (χ4v) is 4.19. The molecule has 9 heteroatoms. The number of fused-ring (bicyclic) bond motifs is 1. The van der Waals surface area contributed by atoms with E-state index in [1.165, 1.54) is 17.8 Å². The lowest BCUT2D eigenvalue weighted by Crippen LogP contribution is -2.15. The molecule has 4 rings (SSSR count). The first-order chi connectivity index (χ1) is 15.3. The van der Waals surface area contributed by atoms with Gasteiger partial charge in [0.2, 0.25) is 11.1 Å². The zero-order valence-electron chi connectivity index (χ0n) is 17.8. The molecule has 2 aromatic heterocycles. The van der Waals surface area contributed by atoms with E-state index in [-0.39, 0.29) is 17.5 Å². The van der Waals surface area contributed by atoms with Crippen molar-refractivity contribution in [2.75, 3.05) is 11.1 Å². The highest BCUT2D eigenvalue weighted by Gasteiger charge is 2.16. The summed E-state index contributed by atoms with van der Waals surface area (Å²) in [5, 5.41) is 8.40. The molecular weight excluding hydrogens is 449 g/mol. The van der Waals surface area contributed by atoms with Gasteiger partial charge in [0.1, 0.15) is 5.82 Å². The van der Waals surface area contributed by atoms with Crippen molar-refractivity contribution in [1.82, 2.24) is 19.6 Å². The maximum Gasteiger partial charge on any atom is 0.253 e. The van der Waals surface area contributed by atoms with Crippen LogP contribution in [-0.2, 0) is 11.2 Å². The molecule has 0 atom stereocenters. The summed E-state index contributed by atoms with van der Waals surface area (Å²) in [5.74, 6) is 0.163. The summed E-state index contributed by atoms with van der Waals surface area (Å²) in [4.78, 5) is 21.4. The van der Waals surface area contributed by atoms with Gasteiger partial charge in [0.05, 0.1) is 5.75 Å². The fraction of sp³-hybridized carbons (Fsp3) is 0.217. The Labute approximate surface area is 194 Å². The van der Waals surface area contributed by atoms with E-state index in [0.29, 0.717) is 33.6 Å². The van der Waals surface area contributed by atoms with E-state index < -0.39 is 0 Å². The molecular formula is C23H21ClFN5OS. The maximum absolute atomic E-state index is 14.1. The number of carbonyl (C=O) groups excluding carboxylic acids is 1. The van der Waals surface area contributed by atoms with Crippen molar-refractivity contribution >= 4 is 40.7 Å². The summed E-state index contributed by atoms with van der Waals surface area (Å²) in [6, 6.07) is 12.1. The number of nitrogens with one attached hydrogen (secondary N) is 1. The number of amides is 1. The Balaban J connectivity index is 1.51. The Morgan fingerprint density at radius 2 is 1.91 bits per heavy atom. The van der Waals surface area contributed by atoms with Crippen molar-refractivity contribution in [2.24, 2.45) is 0 Å². The van der Waals surface area contributed by atoms with Crippen LogP contribution in [0.5, 0.6) is 0 Å². The van der Waals surface area contributed by atoms with E-state index >= 15 is 0 Å². The van der Waals surface area contributed by atoms with Gasteiger partial charge in [-0.2, -0.15) is 4.98 Å². The van der Waals surface area contributed by atoms with Crippen LogP contribution in [0.15, 0.2) is 47.6 Å². The minimum absolute atomic E-state index is 0.142. The molecule has 0 aliphatic heterocycles.